The Morgan fingerprint density at radius 2 is 0.968 bits per heavy atom. The first-order valence-corrected chi connectivity index (χ1v) is 9.87. The van der Waals surface area contributed by atoms with Crippen LogP contribution < -0.4 is 0 Å². The molecule has 0 fully saturated rings. The topological polar surface area (TPSA) is 94.7 Å². The minimum absolute atomic E-state index is 0. The third kappa shape index (κ3) is 6.09. The number of nitrogens with one attached hydrogen (secondary N) is 2. The smallest absolute Gasteiger partial charge is 0.337 e. The third-order valence-corrected chi connectivity index (χ3v) is 4.60. The molecule has 6 nitrogen and oxygen atoms in total. The first kappa shape index (κ1) is 22.9. The number of aliphatic carboxylic acids is 1. The van der Waals surface area contributed by atoms with E-state index in [1.54, 1.807) is 0 Å². The molecule has 5 rings (SSSR count). The number of aromatic nitrogens is 4. The Hall–Kier alpha value is -2.82. The number of carbonyl (C=O) groups is 1. The van der Waals surface area contributed by atoms with Gasteiger partial charge in [0.1, 0.15) is 0 Å². The fourth-order valence-electron chi connectivity index (χ4n) is 2.94. The Labute approximate surface area is 198 Å². The Balaban J connectivity index is 0.000000346. The first-order valence-electron chi connectivity index (χ1n) is 9.00. The predicted molar refractivity (Wildman–Crippen MR) is 132 cm³/mol. The number of hydrogen-bond donors (Lipinski definition) is 3. The summed E-state index contributed by atoms with van der Waals surface area (Å²) in [6.45, 7) is 0. The van der Waals surface area contributed by atoms with Crippen LogP contribution in [0, 0.1) is 0 Å². The molecule has 0 atom stereocenters. The molecule has 0 saturated heterocycles. The third-order valence-electron chi connectivity index (χ3n) is 4.23. The van der Waals surface area contributed by atoms with E-state index in [2.05, 4.69) is 44.2 Å². The van der Waals surface area contributed by atoms with Crippen molar-refractivity contribution < 1.29 is 9.90 Å². The molecule has 3 aromatic heterocycles. The van der Waals surface area contributed by atoms with Gasteiger partial charge in [0.2, 0.25) is 4.84 Å². The zero-order valence-electron chi connectivity index (χ0n) is 15.5. The standard InChI is InChI=1S/C20H14N4.C2H2Cl2O2.Al.3H/c1-2-14-10-16-5-6-18(23-16)12-20-8-7-19(24-20)11-17-4-3-15(22-17)9-13(1)21-14;3-1(4)2(5)6;;;;/h1-12,21,24H;1H,(H,5,6);;;;. The van der Waals surface area contributed by atoms with Gasteiger partial charge in [0.25, 0.3) is 0 Å². The van der Waals surface area contributed by atoms with E-state index in [9.17, 15) is 4.79 Å². The fourth-order valence-corrected chi connectivity index (χ4v) is 2.94. The predicted octanol–water partition coefficient (Wildman–Crippen LogP) is 4.35. The van der Waals surface area contributed by atoms with Gasteiger partial charge in [-0.15, -0.1) is 0 Å². The van der Waals surface area contributed by atoms with Crippen LogP contribution in [-0.4, -0.2) is 53.2 Å². The van der Waals surface area contributed by atoms with E-state index in [0.29, 0.717) is 0 Å². The number of H-pyrrole nitrogens is 2. The van der Waals surface area contributed by atoms with E-state index in [4.69, 9.17) is 28.3 Å². The maximum absolute atomic E-state index is 9.44. The van der Waals surface area contributed by atoms with Crippen molar-refractivity contribution in [3.05, 3.63) is 71.3 Å². The number of aromatic amines is 2. The minimum atomic E-state index is -1.29. The van der Waals surface area contributed by atoms with Crippen LogP contribution in [0.3, 0.4) is 0 Å². The highest BCUT2D eigenvalue weighted by Gasteiger charge is 2.05. The molecular formula is C22H19AlCl2N4O2. The summed E-state index contributed by atoms with van der Waals surface area (Å²) in [4.78, 5) is 24.2. The normalized spacial score (nSPS) is 11.6. The average molecular weight is 469 g/mol. The van der Waals surface area contributed by atoms with E-state index in [0.717, 1.165) is 44.8 Å². The molecule has 0 amide bonds. The lowest BCUT2D eigenvalue weighted by molar-refractivity contribution is -0.135. The fraction of sp³-hybridized carbons (Fsp3) is 0.0455. The largest absolute Gasteiger partial charge is 0.479 e. The molecule has 156 valence electrons. The summed E-state index contributed by atoms with van der Waals surface area (Å²) in [6, 6.07) is 16.4. The van der Waals surface area contributed by atoms with Crippen LogP contribution in [0.15, 0.2) is 48.5 Å². The van der Waals surface area contributed by atoms with Gasteiger partial charge in [-0.3, -0.25) is 0 Å². The molecule has 2 aliphatic heterocycles. The molecule has 0 radical (unpaired) electrons. The van der Waals surface area contributed by atoms with Crippen LogP contribution in [0.4, 0.5) is 0 Å². The molecule has 3 N–H and O–H groups in total. The molecule has 0 aliphatic carbocycles. The van der Waals surface area contributed by atoms with Gasteiger partial charge in [0, 0.05) is 22.1 Å². The van der Waals surface area contributed by atoms with Crippen molar-refractivity contribution >= 4 is 92.9 Å². The van der Waals surface area contributed by atoms with Gasteiger partial charge in [-0.2, -0.15) is 0 Å². The molecule has 9 heteroatoms. The SMILES string of the molecule is C1=Cc2cc3ccc(cc4nc(cc5ccc(cc1n2)[nH]5)C=C4)[nH]3.O=C(O)C(Cl)Cl.[AlH3]. The van der Waals surface area contributed by atoms with Gasteiger partial charge in [-0.1, -0.05) is 23.2 Å². The van der Waals surface area contributed by atoms with Crippen molar-refractivity contribution in [3.63, 3.8) is 0 Å². The minimum Gasteiger partial charge on any atom is -0.479 e. The summed E-state index contributed by atoms with van der Waals surface area (Å²) in [5, 5.41) is 7.73. The average Bonchev–Trinajstić information content (AvgIpc) is 3.47. The quantitative estimate of drug-likeness (QED) is 0.251. The number of fused-ring (bicyclic) bond motifs is 8. The number of alkyl halides is 2. The zero-order chi connectivity index (χ0) is 21.1. The van der Waals surface area contributed by atoms with Crippen LogP contribution >= 0.6 is 23.2 Å². The number of nitrogens with zero attached hydrogens (tertiary/aromatic N) is 2. The van der Waals surface area contributed by atoms with E-state index in [1.165, 1.54) is 0 Å². The second kappa shape index (κ2) is 9.99. The summed E-state index contributed by atoms with van der Waals surface area (Å²) in [5.41, 5.74) is 7.86. The Morgan fingerprint density at radius 3 is 1.19 bits per heavy atom. The summed E-state index contributed by atoms with van der Waals surface area (Å²) < 4.78 is 0. The highest BCUT2D eigenvalue weighted by Crippen LogP contribution is 2.16. The maximum atomic E-state index is 9.44. The van der Waals surface area contributed by atoms with Crippen molar-refractivity contribution in [1.29, 1.82) is 0 Å². The maximum Gasteiger partial charge on any atom is 0.337 e. The van der Waals surface area contributed by atoms with Crippen LogP contribution in [0.2, 0.25) is 0 Å². The molecule has 2 aliphatic rings. The Bertz CT molecular complexity index is 1150. The lowest BCUT2D eigenvalue weighted by Gasteiger charge is -1.85. The van der Waals surface area contributed by atoms with E-state index >= 15 is 0 Å². The van der Waals surface area contributed by atoms with Gasteiger partial charge in [0.15, 0.2) is 17.4 Å². The van der Waals surface area contributed by atoms with Crippen molar-refractivity contribution in [2.24, 2.45) is 0 Å². The number of rotatable bonds is 1. The molecular weight excluding hydrogens is 450 g/mol. The first-order chi connectivity index (χ1) is 14.4. The van der Waals surface area contributed by atoms with Crippen molar-refractivity contribution in [2.75, 3.05) is 0 Å². The lowest BCUT2D eigenvalue weighted by atomic mass is 10.3. The van der Waals surface area contributed by atoms with Crippen molar-refractivity contribution in [3.8, 4) is 0 Å². The number of carboxylic acids is 1. The molecule has 31 heavy (non-hydrogen) atoms. The van der Waals surface area contributed by atoms with Gasteiger partial charge in [-0.05, 0) is 72.8 Å². The second-order valence-corrected chi connectivity index (χ2v) is 7.64. The molecule has 0 aromatic carbocycles. The molecule has 0 saturated carbocycles. The number of hydrogen-bond acceptors (Lipinski definition) is 3. The zero-order valence-corrected chi connectivity index (χ0v) is 17.0. The van der Waals surface area contributed by atoms with Gasteiger partial charge in [-0.25, -0.2) is 14.8 Å². The monoisotopic (exact) mass is 468 g/mol. The highest BCUT2D eigenvalue weighted by atomic mass is 35.5. The summed E-state index contributed by atoms with van der Waals surface area (Å²) in [5.74, 6) is -1.21. The number of carboxylic acid groups (broad SMARTS) is 1. The van der Waals surface area contributed by atoms with E-state index in [1.807, 2.05) is 48.6 Å². The molecule has 8 bridgehead atoms. The number of halogens is 2. The van der Waals surface area contributed by atoms with E-state index < -0.39 is 10.8 Å². The summed E-state index contributed by atoms with van der Waals surface area (Å²) >= 11 is 9.56. The molecule has 5 heterocycles. The molecule has 3 aromatic rings. The van der Waals surface area contributed by atoms with Gasteiger partial charge in [0.05, 0.1) is 22.8 Å². The van der Waals surface area contributed by atoms with Crippen molar-refractivity contribution in [1.82, 2.24) is 19.9 Å². The van der Waals surface area contributed by atoms with Crippen LogP contribution in [0.5, 0.6) is 0 Å². The van der Waals surface area contributed by atoms with Crippen LogP contribution in [-0.2, 0) is 4.79 Å². The van der Waals surface area contributed by atoms with Gasteiger partial charge >= 0.3 is 5.97 Å². The Morgan fingerprint density at radius 1 is 0.710 bits per heavy atom. The van der Waals surface area contributed by atoms with Gasteiger partial charge < -0.3 is 15.1 Å². The second-order valence-electron chi connectivity index (χ2n) is 6.54. The Kier molecular flexibility index (Phi) is 7.37. The molecule has 0 spiro atoms. The summed E-state index contributed by atoms with van der Waals surface area (Å²) in [7, 11) is 0. The van der Waals surface area contributed by atoms with Crippen LogP contribution in [0.25, 0.3) is 46.4 Å². The summed E-state index contributed by atoms with van der Waals surface area (Å²) in [6.07, 6.45) is 8.09. The lowest BCUT2D eigenvalue weighted by Crippen LogP contribution is -2.03. The molecule has 0 unspecified atom stereocenters. The van der Waals surface area contributed by atoms with Crippen LogP contribution in [0.1, 0.15) is 22.8 Å². The van der Waals surface area contributed by atoms with Crippen molar-refractivity contribution in [2.45, 2.75) is 4.84 Å². The highest BCUT2D eigenvalue weighted by molar-refractivity contribution is 6.52. The van der Waals surface area contributed by atoms with E-state index in [-0.39, 0.29) is 17.4 Å².